The molecule has 1 aliphatic heterocycles. The first-order valence-electron chi connectivity index (χ1n) is 5.79. The van der Waals surface area contributed by atoms with Crippen molar-refractivity contribution >= 4 is 17.3 Å². The topological polar surface area (TPSA) is 15.3 Å². The Kier molecular flexibility index (Phi) is 3.44. The Morgan fingerprint density at radius 2 is 2.00 bits per heavy atom. The molecule has 0 saturated heterocycles. The fourth-order valence-corrected chi connectivity index (χ4v) is 2.40. The average Bonchev–Trinajstić information content (AvgIpc) is 2.27. The van der Waals surface area contributed by atoms with Crippen molar-refractivity contribution < 1.29 is 0 Å². The van der Waals surface area contributed by atoms with E-state index in [9.17, 15) is 0 Å². The van der Waals surface area contributed by atoms with Gasteiger partial charge in [-0.1, -0.05) is 24.3 Å². The zero-order valence-electron chi connectivity index (χ0n) is 9.86. The Hall–Kier alpha value is -1.09. The molecular weight excluding hydrogens is 216 g/mol. The summed E-state index contributed by atoms with van der Waals surface area (Å²) in [5, 5.41) is 4.18. The van der Waals surface area contributed by atoms with Gasteiger partial charge in [0.2, 0.25) is 0 Å². The molecule has 0 bridgehead atoms. The largest absolute Gasteiger partial charge is 0.360 e. The normalized spacial score (nSPS) is 14.8. The fraction of sp³-hybridized carbons (Fsp3) is 0.462. The number of hydrogen-bond acceptors (Lipinski definition) is 1. The van der Waals surface area contributed by atoms with Gasteiger partial charge in [0.15, 0.2) is 5.11 Å². The molecule has 1 aliphatic rings. The van der Waals surface area contributed by atoms with Crippen molar-refractivity contribution in [2.24, 2.45) is 0 Å². The first-order chi connectivity index (χ1) is 7.66. The molecule has 1 N–H and O–H groups in total. The third-order valence-corrected chi connectivity index (χ3v) is 3.21. The maximum atomic E-state index is 5.39. The van der Waals surface area contributed by atoms with Crippen LogP contribution in [-0.4, -0.2) is 22.6 Å². The van der Waals surface area contributed by atoms with Crippen LogP contribution in [0.1, 0.15) is 25.0 Å². The van der Waals surface area contributed by atoms with E-state index in [2.05, 4.69) is 48.3 Å². The van der Waals surface area contributed by atoms with Gasteiger partial charge in [-0.2, -0.15) is 0 Å². The van der Waals surface area contributed by atoms with Crippen molar-refractivity contribution in [3.63, 3.8) is 0 Å². The van der Waals surface area contributed by atoms with Crippen LogP contribution < -0.4 is 5.32 Å². The Balaban J connectivity index is 2.05. The Labute approximate surface area is 103 Å². The molecule has 0 unspecified atom stereocenters. The number of rotatable bonds is 1. The average molecular weight is 234 g/mol. The smallest absolute Gasteiger partial charge is 0.169 e. The number of hydrogen-bond donors (Lipinski definition) is 1. The number of fused-ring (bicyclic) bond motifs is 1. The Bertz CT molecular complexity index is 387. The third-order valence-electron chi connectivity index (χ3n) is 2.83. The van der Waals surface area contributed by atoms with E-state index in [1.807, 2.05) is 0 Å². The van der Waals surface area contributed by atoms with E-state index < -0.39 is 0 Å². The van der Waals surface area contributed by atoms with Gasteiger partial charge < -0.3 is 10.2 Å². The van der Waals surface area contributed by atoms with Gasteiger partial charge in [-0.05, 0) is 43.6 Å². The minimum atomic E-state index is 0.407. The van der Waals surface area contributed by atoms with Crippen molar-refractivity contribution in [3.05, 3.63) is 35.4 Å². The zero-order chi connectivity index (χ0) is 11.5. The highest BCUT2D eigenvalue weighted by molar-refractivity contribution is 7.80. The third kappa shape index (κ3) is 2.53. The van der Waals surface area contributed by atoms with Crippen LogP contribution in [0.3, 0.4) is 0 Å². The summed E-state index contributed by atoms with van der Waals surface area (Å²) in [5.41, 5.74) is 2.87. The second-order valence-electron chi connectivity index (χ2n) is 4.54. The number of thiocarbonyl (C=S) groups is 1. The molecule has 0 aromatic heterocycles. The van der Waals surface area contributed by atoms with Gasteiger partial charge in [-0.15, -0.1) is 0 Å². The molecule has 3 heteroatoms. The van der Waals surface area contributed by atoms with E-state index in [0.717, 1.165) is 24.6 Å². The SMILES string of the molecule is CC(C)NC(=S)N1CCc2ccccc2C1. The molecule has 86 valence electrons. The zero-order valence-corrected chi connectivity index (χ0v) is 10.7. The van der Waals surface area contributed by atoms with Gasteiger partial charge in [0.05, 0.1) is 0 Å². The summed E-state index contributed by atoms with van der Waals surface area (Å²) < 4.78 is 0. The molecule has 2 nitrogen and oxygen atoms in total. The maximum absolute atomic E-state index is 5.39. The van der Waals surface area contributed by atoms with Crippen LogP contribution in [0.2, 0.25) is 0 Å². The van der Waals surface area contributed by atoms with Gasteiger partial charge in [0.25, 0.3) is 0 Å². The highest BCUT2D eigenvalue weighted by Gasteiger charge is 2.17. The summed E-state index contributed by atoms with van der Waals surface area (Å²) in [6.07, 6.45) is 1.09. The molecule has 16 heavy (non-hydrogen) atoms. The number of nitrogens with zero attached hydrogens (tertiary/aromatic N) is 1. The molecule has 2 rings (SSSR count). The van der Waals surface area contributed by atoms with Crippen LogP contribution in [0.5, 0.6) is 0 Å². The lowest BCUT2D eigenvalue weighted by Crippen LogP contribution is -2.44. The van der Waals surface area contributed by atoms with Crippen LogP contribution in [0, 0.1) is 0 Å². The van der Waals surface area contributed by atoms with Crippen molar-refractivity contribution in [1.29, 1.82) is 0 Å². The van der Waals surface area contributed by atoms with Gasteiger partial charge in [-0.3, -0.25) is 0 Å². The summed E-state index contributed by atoms with van der Waals surface area (Å²) in [7, 11) is 0. The molecule has 0 saturated carbocycles. The summed E-state index contributed by atoms with van der Waals surface area (Å²) in [5.74, 6) is 0. The van der Waals surface area contributed by atoms with E-state index in [-0.39, 0.29) is 0 Å². The van der Waals surface area contributed by atoms with Crippen molar-refractivity contribution in [3.8, 4) is 0 Å². The number of nitrogens with one attached hydrogen (secondary N) is 1. The second kappa shape index (κ2) is 4.83. The van der Waals surface area contributed by atoms with E-state index in [1.165, 1.54) is 11.1 Å². The second-order valence-corrected chi connectivity index (χ2v) is 4.93. The highest BCUT2D eigenvalue weighted by Crippen LogP contribution is 2.18. The van der Waals surface area contributed by atoms with Crippen LogP contribution in [0.15, 0.2) is 24.3 Å². The van der Waals surface area contributed by atoms with E-state index >= 15 is 0 Å². The van der Waals surface area contributed by atoms with Gasteiger partial charge in [-0.25, -0.2) is 0 Å². The first-order valence-corrected chi connectivity index (χ1v) is 6.20. The molecule has 1 aromatic carbocycles. The molecule has 0 atom stereocenters. The predicted molar refractivity (Wildman–Crippen MR) is 71.4 cm³/mol. The van der Waals surface area contributed by atoms with E-state index in [1.54, 1.807) is 0 Å². The van der Waals surface area contributed by atoms with Crippen LogP contribution >= 0.6 is 12.2 Å². The van der Waals surface area contributed by atoms with Crippen molar-refractivity contribution in [1.82, 2.24) is 10.2 Å². The molecule has 1 aromatic rings. The molecule has 1 heterocycles. The lowest BCUT2D eigenvalue weighted by atomic mass is 10.0. The minimum absolute atomic E-state index is 0.407. The quantitative estimate of drug-likeness (QED) is 0.751. The molecular formula is C13H18N2S. The van der Waals surface area contributed by atoms with Gasteiger partial charge >= 0.3 is 0 Å². The van der Waals surface area contributed by atoms with Crippen molar-refractivity contribution in [2.45, 2.75) is 32.9 Å². The van der Waals surface area contributed by atoms with Crippen molar-refractivity contribution in [2.75, 3.05) is 6.54 Å². The van der Waals surface area contributed by atoms with Gasteiger partial charge in [0, 0.05) is 19.1 Å². The van der Waals surface area contributed by atoms with E-state index in [4.69, 9.17) is 12.2 Å². The molecule has 0 radical (unpaired) electrons. The molecule has 0 amide bonds. The van der Waals surface area contributed by atoms with Crippen LogP contribution in [-0.2, 0) is 13.0 Å². The standard InChI is InChI=1S/C13H18N2S/c1-10(2)14-13(16)15-8-7-11-5-3-4-6-12(11)9-15/h3-6,10H,7-9H2,1-2H3,(H,14,16). The summed E-state index contributed by atoms with van der Waals surface area (Å²) >= 11 is 5.39. The monoisotopic (exact) mass is 234 g/mol. The highest BCUT2D eigenvalue weighted by atomic mass is 32.1. The van der Waals surface area contributed by atoms with E-state index in [0.29, 0.717) is 6.04 Å². The lowest BCUT2D eigenvalue weighted by Gasteiger charge is -2.31. The molecule has 0 aliphatic carbocycles. The summed E-state index contributed by atoms with van der Waals surface area (Å²) in [4.78, 5) is 2.25. The van der Waals surface area contributed by atoms with Gasteiger partial charge in [0.1, 0.15) is 0 Å². The minimum Gasteiger partial charge on any atom is -0.360 e. The Morgan fingerprint density at radius 1 is 1.31 bits per heavy atom. The molecule has 0 fully saturated rings. The molecule has 0 spiro atoms. The first kappa shape index (κ1) is 11.4. The van der Waals surface area contributed by atoms with Crippen LogP contribution in [0.25, 0.3) is 0 Å². The lowest BCUT2D eigenvalue weighted by molar-refractivity contribution is 0.383. The predicted octanol–water partition coefficient (Wildman–Crippen LogP) is 2.33. The maximum Gasteiger partial charge on any atom is 0.169 e. The van der Waals surface area contributed by atoms with Crippen LogP contribution in [0.4, 0.5) is 0 Å². The Morgan fingerprint density at radius 3 is 2.69 bits per heavy atom. The summed E-state index contributed by atoms with van der Waals surface area (Å²) in [6, 6.07) is 9.02. The number of benzene rings is 1. The fourth-order valence-electron chi connectivity index (χ4n) is 2.01. The summed E-state index contributed by atoms with van der Waals surface area (Å²) in [6.45, 7) is 6.19.